The quantitative estimate of drug-likeness (QED) is 0.822. The summed E-state index contributed by atoms with van der Waals surface area (Å²) in [5.41, 5.74) is 2.81. The summed E-state index contributed by atoms with van der Waals surface area (Å²) >= 11 is 0. The Bertz CT molecular complexity index is 508. The van der Waals surface area contributed by atoms with Crippen molar-refractivity contribution < 1.29 is 4.74 Å². The highest BCUT2D eigenvalue weighted by Gasteiger charge is 2.20. The first-order chi connectivity index (χ1) is 12.2. The molecular formula is C21H35N3O. The van der Waals surface area contributed by atoms with Crippen LogP contribution >= 0.6 is 0 Å². The highest BCUT2D eigenvalue weighted by molar-refractivity contribution is 5.25. The van der Waals surface area contributed by atoms with Crippen LogP contribution < -0.4 is 5.32 Å². The van der Waals surface area contributed by atoms with Gasteiger partial charge in [0.25, 0.3) is 0 Å². The Morgan fingerprint density at radius 1 is 1.08 bits per heavy atom. The van der Waals surface area contributed by atoms with E-state index in [1.54, 1.807) is 0 Å². The van der Waals surface area contributed by atoms with E-state index in [1.165, 1.54) is 50.1 Å². The molecule has 2 saturated heterocycles. The van der Waals surface area contributed by atoms with Crippen LogP contribution in [0.25, 0.3) is 0 Å². The van der Waals surface area contributed by atoms with Crippen molar-refractivity contribution in [2.45, 2.75) is 38.6 Å². The Morgan fingerprint density at radius 3 is 2.44 bits per heavy atom. The number of nitrogens with one attached hydrogen (secondary N) is 1. The summed E-state index contributed by atoms with van der Waals surface area (Å²) in [6.07, 6.45) is 2.56. The van der Waals surface area contributed by atoms with E-state index in [2.05, 4.69) is 53.2 Å². The van der Waals surface area contributed by atoms with E-state index < -0.39 is 0 Å². The van der Waals surface area contributed by atoms with Gasteiger partial charge in [-0.25, -0.2) is 0 Å². The number of nitrogens with zero attached hydrogens (tertiary/aromatic N) is 2. The number of benzene rings is 1. The third-order valence-corrected chi connectivity index (χ3v) is 5.75. The SMILES string of the molecule is Cc1cccc([C@@H](C)CNC2CCN(CCN3CCOCC3)CC2)c1. The van der Waals surface area contributed by atoms with Crippen LogP contribution in [-0.4, -0.2) is 74.9 Å². The maximum atomic E-state index is 5.43. The van der Waals surface area contributed by atoms with Crippen molar-refractivity contribution in [3.63, 3.8) is 0 Å². The zero-order valence-electron chi connectivity index (χ0n) is 16.0. The molecule has 1 aromatic rings. The average Bonchev–Trinajstić information content (AvgIpc) is 2.66. The Labute approximate surface area is 153 Å². The van der Waals surface area contributed by atoms with E-state index in [1.807, 2.05) is 0 Å². The van der Waals surface area contributed by atoms with E-state index in [9.17, 15) is 0 Å². The predicted molar refractivity (Wildman–Crippen MR) is 104 cm³/mol. The topological polar surface area (TPSA) is 27.7 Å². The molecule has 1 N–H and O–H groups in total. The number of hydrogen-bond acceptors (Lipinski definition) is 4. The minimum Gasteiger partial charge on any atom is -0.379 e. The Morgan fingerprint density at radius 2 is 1.76 bits per heavy atom. The number of likely N-dealkylation sites (tertiary alicyclic amines) is 1. The lowest BCUT2D eigenvalue weighted by Gasteiger charge is -2.35. The minimum absolute atomic E-state index is 0.583. The van der Waals surface area contributed by atoms with Crippen LogP contribution in [0.2, 0.25) is 0 Å². The van der Waals surface area contributed by atoms with Crippen LogP contribution in [0, 0.1) is 6.92 Å². The molecule has 2 aliphatic heterocycles. The first-order valence-electron chi connectivity index (χ1n) is 10.0. The third kappa shape index (κ3) is 6.07. The highest BCUT2D eigenvalue weighted by atomic mass is 16.5. The first-order valence-corrected chi connectivity index (χ1v) is 10.0. The summed E-state index contributed by atoms with van der Waals surface area (Å²) in [5, 5.41) is 3.81. The molecule has 3 rings (SSSR count). The molecule has 0 amide bonds. The molecule has 0 spiro atoms. The summed E-state index contributed by atoms with van der Waals surface area (Å²) < 4.78 is 5.43. The molecule has 0 unspecified atom stereocenters. The molecule has 0 aromatic heterocycles. The number of morpholine rings is 1. The summed E-state index contributed by atoms with van der Waals surface area (Å²) in [6, 6.07) is 9.62. The van der Waals surface area contributed by atoms with Gasteiger partial charge < -0.3 is 15.0 Å². The molecule has 2 fully saturated rings. The second-order valence-corrected chi connectivity index (χ2v) is 7.79. The molecule has 2 aliphatic rings. The smallest absolute Gasteiger partial charge is 0.0594 e. The fourth-order valence-electron chi connectivity index (χ4n) is 3.91. The van der Waals surface area contributed by atoms with Crippen molar-refractivity contribution in [1.29, 1.82) is 0 Å². The number of rotatable bonds is 7. The van der Waals surface area contributed by atoms with Gasteiger partial charge >= 0.3 is 0 Å². The summed E-state index contributed by atoms with van der Waals surface area (Å²) in [6.45, 7) is 14.5. The molecule has 4 nitrogen and oxygen atoms in total. The molecule has 25 heavy (non-hydrogen) atoms. The average molecular weight is 346 g/mol. The van der Waals surface area contributed by atoms with Gasteiger partial charge in [0.15, 0.2) is 0 Å². The minimum atomic E-state index is 0.583. The zero-order chi connectivity index (χ0) is 17.5. The van der Waals surface area contributed by atoms with Gasteiger partial charge in [-0.2, -0.15) is 0 Å². The molecule has 0 saturated carbocycles. The number of aryl methyl sites for hydroxylation is 1. The van der Waals surface area contributed by atoms with E-state index >= 15 is 0 Å². The Kier molecular flexibility index (Phi) is 7.29. The van der Waals surface area contributed by atoms with Crippen molar-refractivity contribution in [2.75, 3.05) is 59.0 Å². The van der Waals surface area contributed by atoms with Gasteiger partial charge in [-0.15, -0.1) is 0 Å². The molecule has 1 atom stereocenters. The summed E-state index contributed by atoms with van der Waals surface area (Å²) in [7, 11) is 0. The van der Waals surface area contributed by atoms with E-state index in [-0.39, 0.29) is 0 Å². The molecule has 0 radical (unpaired) electrons. The van der Waals surface area contributed by atoms with Crippen LogP contribution in [0.3, 0.4) is 0 Å². The van der Waals surface area contributed by atoms with Crippen molar-refractivity contribution in [1.82, 2.24) is 15.1 Å². The van der Waals surface area contributed by atoms with Gasteiger partial charge in [0.1, 0.15) is 0 Å². The van der Waals surface area contributed by atoms with Crippen LogP contribution in [0.4, 0.5) is 0 Å². The summed E-state index contributed by atoms with van der Waals surface area (Å²) in [5.74, 6) is 0.583. The first kappa shape index (κ1) is 18.8. The van der Waals surface area contributed by atoms with Gasteiger partial charge in [-0.1, -0.05) is 36.8 Å². The third-order valence-electron chi connectivity index (χ3n) is 5.75. The fourth-order valence-corrected chi connectivity index (χ4v) is 3.91. The molecule has 4 heteroatoms. The van der Waals surface area contributed by atoms with E-state index in [4.69, 9.17) is 4.74 Å². The second-order valence-electron chi connectivity index (χ2n) is 7.79. The molecule has 140 valence electrons. The van der Waals surface area contributed by atoms with Crippen LogP contribution in [0.5, 0.6) is 0 Å². The van der Waals surface area contributed by atoms with Gasteiger partial charge in [-0.05, 0) is 44.3 Å². The predicted octanol–water partition coefficient (Wildman–Crippen LogP) is 2.48. The van der Waals surface area contributed by atoms with Crippen molar-refractivity contribution in [2.24, 2.45) is 0 Å². The maximum Gasteiger partial charge on any atom is 0.0594 e. The maximum absolute atomic E-state index is 5.43. The van der Waals surface area contributed by atoms with Crippen molar-refractivity contribution in [3.05, 3.63) is 35.4 Å². The molecule has 0 aliphatic carbocycles. The standard InChI is InChI=1S/C21H35N3O/c1-18-4-3-5-20(16-18)19(2)17-22-21-6-8-23(9-7-21)10-11-24-12-14-25-15-13-24/h3-5,16,19,21-22H,6-15,17H2,1-2H3/t19-/m0/s1. The van der Waals surface area contributed by atoms with Gasteiger partial charge in [0, 0.05) is 38.8 Å². The van der Waals surface area contributed by atoms with E-state index in [0.29, 0.717) is 12.0 Å². The van der Waals surface area contributed by atoms with Gasteiger partial charge in [0.2, 0.25) is 0 Å². The molecular weight excluding hydrogens is 310 g/mol. The Balaban J connectivity index is 1.32. The summed E-state index contributed by atoms with van der Waals surface area (Å²) in [4.78, 5) is 5.18. The molecule has 2 heterocycles. The number of hydrogen-bond donors (Lipinski definition) is 1. The Hall–Kier alpha value is -0.940. The molecule has 1 aromatic carbocycles. The lowest BCUT2D eigenvalue weighted by atomic mass is 9.98. The zero-order valence-corrected chi connectivity index (χ0v) is 16.0. The number of piperidine rings is 1. The number of ether oxygens (including phenoxy) is 1. The van der Waals surface area contributed by atoms with Crippen LogP contribution in [-0.2, 0) is 4.74 Å². The lowest BCUT2D eigenvalue weighted by Crippen LogP contribution is -2.46. The van der Waals surface area contributed by atoms with E-state index in [0.717, 1.165) is 32.8 Å². The lowest BCUT2D eigenvalue weighted by molar-refractivity contribution is 0.0319. The van der Waals surface area contributed by atoms with Crippen molar-refractivity contribution in [3.8, 4) is 0 Å². The highest BCUT2D eigenvalue weighted by Crippen LogP contribution is 2.17. The monoisotopic (exact) mass is 345 g/mol. The van der Waals surface area contributed by atoms with Crippen molar-refractivity contribution >= 4 is 0 Å². The largest absolute Gasteiger partial charge is 0.379 e. The molecule has 0 bridgehead atoms. The van der Waals surface area contributed by atoms with Gasteiger partial charge in [-0.3, -0.25) is 4.90 Å². The fraction of sp³-hybridized carbons (Fsp3) is 0.714. The van der Waals surface area contributed by atoms with Crippen LogP contribution in [0.15, 0.2) is 24.3 Å². The normalized spacial score (nSPS) is 22.2. The van der Waals surface area contributed by atoms with Crippen LogP contribution in [0.1, 0.15) is 36.8 Å². The van der Waals surface area contributed by atoms with Gasteiger partial charge in [0.05, 0.1) is 13.2 Å². The second kappa shape index (κ2) is 9.67.